The molecule has 0 aliphatic rings. The smallest absolute Gasteiger partial charge is 0.264 e. The van der Waals surface area contributed by atoms with Crippen molar-refractivity contribution >= 4 is 27.8 Å². The monoisotopic (exact) mass is 422 g/mol. The second kappa shape index (κ2) is 9.80. The lowest BCUT2D eigenvalue weighted by Gasteiger charge is -2.25. The second-order valence-corrected chi connectivity index (χ2v) is 8.24. The number of para-hydroxylation sites is 1. The number of carbonyl (C=O) groups excluding carboxylic acids is 1. The molecule has 7 nitrogen and oxygen atoms in total. The largest absolute Gasteiger partial charge is 0.271 e. The molecule has 0 bridgehead atoms. The van der Waals surface area contributed by atoms with Crippen molar-refractivity contribution in [1.29, 1.82) is 0 Å². The van der Waals surface area contributed by atoms with Crippen LogP contribution in [0.5, 0.6) is 0 Å². The Morgan fingerprint density at radius 1 is 1.03 bits per heavy atom. The van der Waals surface area contributed by atoms with E-state index in [1.165, 1.54) is 18.3 Å². The summed E-state index contributed by atoms with van der Waals surface area (Å²) in [6.07, 6.45) is 5.31. The van der Waals surface area contributed by atoms with Crippen molar-refractivity contribution in [3.8, 4) is 0 Å². The van der Waals surface area contributed by atoms with Gasteiger partial charge in [-0.3, -0.25) is 14.1 Å². The molecule has 0 fully saturated rings. The molecule has 0 aliphatic carbocycles. The number of sulfonamides is 1. The quantitative estimate of drug-likeness (QED) is 0.446. The van der Waals surface area contributed by atoms with Gasteiger partial charge in [0.15, 0.2) is 0 Å². The minimum Gasteiger partial charge on any atom is -0.271 e. The third kappa shape index (κ3) is 5.09. The van der Waals surface area contributed by atoms with E-state index < -0.39 is 22.5 Å². The average Bonchev–Trinajstić information content (AvgIpc) is 2.78. The molecule has 2 aromatic carbocycles. The van der Waals surface area contributed by atoms with Crippen LogP contribution in [0.3, 0.4) is 0 Å². The van der Waals surface area contributed by atoms with E-state index in [2.05, 4.69) is 15.5 Å². The number of hydrogen-bond acceptors (Lipinski definition) is 5. The van der Waals surface area contributed by atoms with Crippen LogP contribution in [-0.2, 0) is 21.2 Å². The van der Waals surface area contributed by atoms with Gasteiger partial charge in [-0.15, -0.1) is 0 Å². The molecule has 0 spiro atoms. The summed E-state index contributed by atoms with van der Waals surface area (Å²) < 4.78 is 27.8. The van der Waals surface area contributed by atoms with E-state index in [9.17, 15) is 13.2 Å². The number of pyridine rings is 1. The normalized spacial score (nSPS) is 11.4. The fraction of sp³-hybridized carbons (Fsp3) is 0.136. The maximum Gasteiger partial charge on any atom is 0.264 e. The lowest BCUT2D eigenvalue weighted by atomic mass is 10.1. The molecule has 0 aliphatic heterocycles. The third-order valence-corrected chi connectivity index (χ3v) is 6.14. The summed E-state index contributed by atoms with van der Waals surface area (Å²) in [5.74, 6) is -0.550. The van der Waals surface area contributed by atoms with E-state index in [0.717, 1.165) is 15.4 Å². The summed E-state index contributed by atoms with van der Waals surface area (Å²) in [7, 11) is -3.95. The average molecular weight is 423 g/mol. The molecule has 3 rings (SSSR count). The van der Waals surface area contributed by atoms with E-state index in [4.69, 9.17) is 0 Å². The van der Waals surface area contributed by atoms with Crippen LogP contribution in [0.1, 0.15) is 18.1 Å². The molecular weight excluding hydrogens is 400 g/mol. The van der Waals surface area contributed by atoms with E-state index in [1.54, 1.807) is 54.9 Å². The number of aromatic nitrogens is 1. The number of amides is 1. The molecule has 0 saturated carbocycles. The summed E-state index contributed by atoms with van der Waals surface area (Å²) in [6, 6.07) is 18.7. The highest BCUT2D eigenvalue weighted by molar-refractivity contribution is 7.92. The zero-order valence-electron chi connectivity index (χ0n) is 16.5. The number of hydrogen-bond donors (Lipinski definition) is 1. The second-order valence-electron chi connectivity index (χ2n) is 6.38. The standard InChI is InChI=1S/C22H22N4O3S/c1-2-19-8-6-7-11-21(19)26(30(28,29)20-9-4-3-5-10-20)17-22(27)25-24-16-18-12-14-23-15-13-18/h3-16H,2,17H2,1H3,(H,25,27)/b24-16-. The number of nitrogens with zero attached hydrogens (tertiary/aromatic N) is 3. The van der Waals surface area contributed by atoms with Crippen LogP contribution in [0.2, 0.25) is 0 Å². The van der Waals surface area contributed by atoms with Crippen LogP contribution < -0.4 is 9.73 Å². The van der Waals surface area contributed by atoms with Crippen molar-refractivity contribution in [2.45, 2.75) is 18.2 Å². The van der Waals surface area contributed by atoms with Gasteiger partial charge in [0.05, 0.1) is 16.8 Å². The Morgan fingerprint density at radius 2 is 1.70 bits per heavy atom. The first kappa shape index (κ1) is 21.2. The van der Waals surface area contributed by atoms with Crippen molar-refractivity contribution in [2.24, 2.45) is 5.10 Å². The number of anilines is 1. The molecular formula is C22H22N4O3S. The number of benzene rings is 2. The molecule has 8 heteroatoms. The van der Waals surface area contributed by atoms with Gasteiger partial charge in [-0.05, 0) is 47.9 Å². The molecule has 0 atom stereocenters. The minimum atomic E-state index is -3.95. The lowest BCUT2D eigenvalue weighted by molar-refractivity contribution is -0.119. The molecule has 0 radical (unpaired) electrons. The zero-order valence-corrected chi connectivity index (χ0v) is 17.3. The van der Waals surface area contributed by atoms with Crippen molar-refractivity contribution in [1.82, 2.24) is 10.4 Å². The van der Waals surface area contributed by atoms with Gasteiger partial charge in [0.2, 0.25) is 0 Å². The van der Waals surface area contributed by atoms with E-state index in [-0.39, 0.29) is 4.90 Å². The molecule has 0 unspecified atom stereocenters. The van der Waals surface area contributed by atoms with Crippen molar-refractivity contribution < 1.29 is 13.2 Å². The summed E-state index contributed by atoms with van der Waals surface area (Å²) in [5.41, 5.74) is 4.45. The molecule has 1 N–H and O–H groups in total. The van der Waals surface area contributed by atoms with Gasteiger partial charge < -0.3 is 0 Å². The van der Waals surface area contributed by atoms with Gasteiger partial charge in [0.25, 0.3) is 15.9 Å². The van der Waals surface area contributed by atoms with Gasteiger partial charge in [-0.25, -0.2) is 13.8 Å². The molecule has 0 saturated heterocycles. The van der Waals surface area contributed by atoms with Gasteiger partial charge in [-0.2, -0.15) is 5.10 Å². The Balaban J connectivity index is 1.88. The first-order valence-corrected chi connectivity index (χ1v) is 10.8. The molecule has 1 amide bonds. The van der Waals surface area contributed by atoms with Gasteiger partial charge in [0.1, 0.15) is 6.54 Å². The Bertz CT molecular complexity index is 1120. The maximum atomic E-state index is 13.3. The number of hydrazone groups is 1. The zero-order chi connectivity index (χ0) is 21.4. The first-order valence-electron chi connectivity index (χ1n) is 9.40. The minimum absolute atomic E-state index is 0.115. The highest BCUT2D eigenvalue weighted by Gasteiger charge is 2.28. The predicted octanol–water partition coefficient (Wildman–Crippen LogP) is 2.99. The van der Waals surface area contributed by atoms with Crippen LogP contribution in [0.4, 0.5) is 5.69 Å². The molecule has 30 heavy (non-hydrogen) atoms. The van der Waals surface area contributed by atoms with Gasteiger partial charge in [0, 0.05) is 12.4 Å². The predicted molar refractivity (Wildman–Crippen MR) is 117 cm³/mol. The van der Waals surface area contributed by atoms with E-state index in [1.807, 2.05) is 19.1 Å². The number of carbonyl (C=O) groups is 1. The summed E-state index contributed by atoms with van der Waals surface area (Å²) in [5, 5.41) is 3.91. The van der Waals surface area contributed by atoms with Crippen molar-refractivity contribution in [3.63, 3.8) is 0 Å². The Labute approximate surface area is 176 Å². The fourth-order valence-corrected chi connectivity index (χ4v) is 4.35. The summed E-state index contributed by atoms with van der Waals surface area (Å²) >= 11 is 0. The topological polar surface area (TPSA) is 91.7 Å². The molecule has 3 aromatic rings. The number of aryl methyl sites for hydroxylation is 1. The van der Waals surface area contributed by atoms with Crippen LogP contribution >= 0.6 is 0 Å². The van der Waals surface area contributed by atoms with Crippen molar-refractivity contribution in [3.05, 3.63) is 90.3 Å². The van der Waals surface area contributed by atoms with E-state index in [0.29, 0.717) is 12.1 Å². The summed E-state index contributed by atoms with van der Waals surface area (Å²) in [4.78, 5) is 16.6. The third-order valence-electron chi connectivity index (χ3n) is 4.37. The summed E-state index contributed by atoms with van der Waals surface area (Å²) in [6.45, 7) is 1.53. The molecule has 1 heterocycles. The number of nitrogens with one attached hydrogen (secondary N) is 1. The first-order chi connectivity index (χ1) is 14.5. The van der Waals surface area contributed by atoms with Crippen LogP contribution in [-0.4, -0.2) is 32.1 Å². The van der Waals surface area contributed by atoms with Gasteiger partial charge >= 0.3 is 0 Å². The van der Waals surface area contributed by atoms with Crippen molar-refractivity contribution in [2.75, 3.05) is 10.8 Å². The molecule has 1 aromatic heterocycles. The van der Waals surface area contributed by atoms with E-state index >= 15 is 0 Å². The molecule has 154 valence electrons. The lowest BCUT2D eigenvalue weighted by Crippen LogP contribution is -2.40. The Hall–Kier alpha value is -3.52. The maximum absolute atomic E-state index is 13.3. The number of rotatable bonds is 8. The highest BCUT2D eigenvalue weighted by Crippen LogP contribution is 2.27. The SMILES string of the molecule is CCc1ccccc1N(CC(=O)N/N=C\c1ccncc1)S(=O)(=O)c1ccccc1. The van der Waals surface area contributed by atoms with Crippen LogP contribution in [0.15, 0.2) is 89.1 Å². The fourth-order valence-electron chi connectivity index (χ4n) is 2.87. The van der Waals surface area contributed by atoms with Crippen LogP contribution in [0.25, 0.3) is 0 Å². The van der Waals surface area contributed by atoms with Gasteiger partial charge in [-0.1, -0.05) is 43.3 Å². The van der Waals surface area contributed by atoms with Crippen LogP contribution in [0, 0.1) is 0 Å². The Morgan fingerprint density at radius 3 is 2.40 bits per heavy atom. The highest BCUT2D eigenvalue weighted by atomic mass is 32.2. The Kier molecular flexibility index (Phi) is 6.92.